The quantitative estimate of drug-likeness (QED) is 0.270. The van der Waals surface area contributed by atoms with Gasteiger partial charge in [0.1, 0.15) is 0 Å². The predicted octanol–water partition coefficient (Wildman–Crippen LogP) is 9.28. The minimum Gasteiger partial charge on any atom is -0.0622 e. The van der Waals surface area contributed by atoms with Crippen LogP contribution in [0.2, 0.25) is 0 Å². The van der Waals surface area contributed by atoms with Gasteiger partial charge in [-0.05, 0) is 83.5 Å². The van der Waals surface area contributed by atoms with Gasteiger partial charge in [0.25, 0.3) is 0 Å². The summed E-state index contributed by atoms with van der Waals surface area (Å²) >= 11 is 0. The molecule has 0 bridgehead atoms. The van der Waals surface area contributed by atoms with Gasteiger partial charge in [0, 0.05) is 0 Å². The monoisotopic (exact) mass is 424 g/mol. The van der Waals surface area contributed by atoms with E-state index in [0.717, 1.165) is 0 Å². The first-order valence-electron chi connectivity index (χ1n) is 11.5. The summed E-state index contributed by atoms with van der Waals surface area (Å²) in [5.74, 6) is 0. The summed E-state index contributed by atoms with van der Waals surface area (Å²) in [6, 6.07) is 42.0. The molecule has 0 saturated heterocycles. The van der Waals surface area contributed by atoms with Gasteiger partial charge in [0.2, 0.25) is 0 Å². The van der Waals surface area contributed by atoms with Gasteiger partial charge in [0.05, 0.1) is 0 Å². The van der Waals surface area contributed by atoms with Gasteiger partial charge in [-0.25, -0.2) is 0 Å². The maximum atomic E-state index is 2.31. The van der Waals surface area contributed by atoms with Crippen LogP contribution in [0.15, 0.2) is 115 Å². The molecule has 160 valence electrons. The lowest BCUT2D eigenvalue weighted by atomic mass is 9.92. The van der Waals surface area contributed by atoms with Gasteiger partial charge in [-0.2, -0.15) is 0 Å². The Morgan fingerprint density at radius 3 is 1.24 bits per heavy atom. The van der Waals surface area contributed by atoms with Crippen molar-refractivity contribution in [1.29, 1.82) is 0 Å². The van der Waals surface area contributed by atoms with Gasteiger partial charge in [-0.15, -0.1) is 0 Å². The molecule has 0 unspecified atom stereocenters. The first-order chi connectivity index (χ1) is 16.0. The van der Waals surface area contributed by atoms with E-state index >= 15 is 0 Å². The summed E-state index contributed by atoms with van der Waals surface area (Å²) in [5, 5.41) is 0. The summed E-state index contributed by atoms with van der Waals surface area (Å²) < 4.78 is 0. The highest BCUT2D eigenvalue weighted by atomic mass is 14.1. The van der Waals surface area contributed by atoms with Gasteiger partial charge >= 0.3 is 0 Å². The van der Waals surface area contributed by atoms with Crippen LogP contribution in [0.3, 0.4) is 0 Å². The molecule has 0 atom stereocenters. The topological polar surface area (TPSA) is 0 Å². The summed E-state index contributed by atoms with van der Waals surface area (Å²) in [7, 11) is 0. The molecule has 0 aliphatic heterocycles. The highest BCUT2D eigenvalue weighted by Crippen LogP contribution is 2.34. The Labute approximate surface area is 197 Å². The van der Waals surface area contributed by atoms with Crippen LogP contribution in [0.5, 0.6) is 0 Å². The number of hydrogen-bond donors (Lipinski definition) is 0. The molecular weight excluding hydrogens is 396 g/mol. The molecular formula is C33H28. The highest BCUT2D eigenvalue weighted by molar-refractivity contribution is 5.82. The molecule has 0 aliphatic carbocycles. The van der Waals surface area contributed by atoms with E-state index in [1.807, 2.05) is 0 Å². The molecule has 0 fully saturated rings. The van der Waals surface area contributed by atoms with E-state index in [9.17, 15) is 0 Å². The zero-order valence-corrected chi connectivity index (χ0v) is 19.5. The van der Waals surface area contributed by atoms with Crippen molar-refractivity contribution < 1.29 is 0 Å². The molecule has 5 aromatic carbocycles. The Kier molecular flexibility index (Phi) is 5.67. The fourth-order valence-electron chi connectivity index (χ4n) is 4.58. The second kappa shape index (κ2) is 8.92. The second-order valence-corrected chi connectivity index (χ2v) is 8.99. The van der Waals surface area contributed by atoms with Crippen LogP contribution >= 0.6 is 0 Å². The standard InChI is InChI=1S/C33H28/c1-23-8-7-11-29(17-23)33-21-31(26-9-5-4-6-10-26)20-32(22-33)28-14-12-27(13-15-28)30-18-24(2)16-25(3)19-30/h4-22H,1-3H3. The van der Waals surface area contributed by atoms with E-state index in [4.69, 9.17) is 0 Å². The smallest absolute Gasteiger partial charge is 0.0172 e. The molecule has 0 radical (unpaired) electrons. The normalized spacial score (nSPS) is 10.9. The first-order valence-corrected chi connectivity index (χ1v) is 11.5. The van der Waals surface area contributed by atoms with Crippen LogP contribution in [0.25, 0.3) is 44.5 Å². The van der Waals surface area contributed by atoms with Gasteiger partial charge in [-0.3, -0.25) is 0 Å². The third-order valence-corrected chi connectivity index (χ3v) is 6.16. The van der Waals surface area contributed by atoms with E-state index in [2.05, 4.69) is 136 Å². The van der Waals surface area contributed by atoms with Gasteiger partial charge < -0.3 is 0 Å². The van der Waals surface area contributed by atoms with Crippen LogP contribution in [0, 0.1) is 20.8 Å². The SMILES string of the molecule is Cc1cccc(-c2cc(-c3ccccc3)cc(-c3ccc(-c4cc(C)cc(C)c4)cc3)c2)c1. The predicted molar refractivity (Wildman–Crippen MR) is 142 cm³/mol. The zero-order chi connectivity index (χ0) is 22.8. The molecule has 0 aromatic heterocycles. The summed E-state index contributed by atoms with van der Waals surface area (Å²) in [5.41, 5.74) is 13.8. The molecule has 33 heavy (non-hydrogen) atoms. The molecule has 0 heteroatoms. The maximum Gasteiger partial charge on any atom is -0.0172 e. The molecule has 0 nitrogen and oxygen atoms in total. The highest BCUT2D eigenvalue weighted by Gasteiger charge is 2.08. The zero-order valence-electron chi connectivity index (χ0n) is 19.5. The summed E-state index contributed by atoms with van der Waals surface area (Å²) in [6.07, 6.45) is 0. The van der Waals surface area contributed by atoms with Crippen molar-refractivity contribution >= 4 is 0 Å². The molecule has 5 rings (SSSR count). The van der Waals surface area contributed by atoms with Crippen molar-refractivity contribution in [3.05, 3.63) is 132 Å². The average Bonchev–Trinajstić information content (AvgIpc) is 2.84. The number of aryl methyl sites for hydroxylation is 3. The van der Waals surface area contributed by atoms with E-state index < -0.39 is 0 Å². The molecule has 5 aromatic rings. The fourth-order valence-corrected chi connectivity index (χ4v) is 4.58. The summed E-state index contributed by atoms with van der Waals surface area (Å²) in [4.78, 5) is 0. The Hall–Kier alpha value is -3.90. The van der Waals surface area contributed by atoms with Crippen molar-refractivity contribution in [2.24, 2.45) is 0 Å². The fraction of sp³-hybridized carbons (Fsp3) is 0.0909. The lowest BCUT2D eigenvalue weighted by Gasteiger charge is -2.12. The van der Waals surface area contributed by atoms with Crippen molar-refractivity contribution in [3.63, 3.8) is 0 Å². The van der Waals surface area contributed by atoms with E-state index in [1.165, 1.54) is 61.2 Å². The van der Waals surface area contributed by atoms with Crippen molar-refractivity contribution in [2.45, 2.75) is 20.8 Å². The van der Waals surface area contributed by atoms with Gasteiger partial charge in [-0.1, -0.05) is 114 Å². The number of rotatable bonds is 4. The lowest BCUT2D eigenvalue weighted by Crippen LogP contribution is -1.87. The first kappa shape index (κ1) is 21.0. The van der Waals surface area contributed by atoms with E-state index in [0.29, 0.717) is 0 Å². The number of hydrogen-bond acceptors (Lipinski definition) is 0. The average molecular weight is 425 g/mol. The van der Waals surface area contributed by atoms with E-state index in [-0.39, 0.29) is 0 Å². The van der Waals surface area contributed by atoms with Gasteiger partial charge in [0.15, 0.2) is 0 Å². The van der Waals surface area contributed by atoms with Crippen LogP contribution < -0.4 is 0 Å². The maximum absolute atomic E-state index is 2.31. The van der Waals surface area contributed by atoms with Crippen molar-refractivity contribution in [3.8, 4) is 44.5 Å². The van der Waals surface area contributed by atoms with Crippen molar-refractivity contribution in [2.75, 3.05) is 0 Å². The largest absolute Gasteiger partial charge is 0.0622 e. The van der Waals surface area contributed by atoms with Crippen LogP contribution in [0.1, 0.15) is 16.7 Å². The third-order valence-electron chi connectivity index (χ3n) is 6.16. The summed E-state index contributed by atoms with van der Waals surface area (Å²) in [6.45, 7) is 6.47. The molecule has 0 aliphatic rings. The third kappa shape index (κ3) is 4.66. The molecule has 0 heterocycles. The molecule has 0 saturated carbocycles. The molecule has 0 N–H and O–H groups in total. The van der Waals surface area contributed by atoms with Crippen LogP contribution in [0.4, 0.5) is 0 Å². The molecule has 0 amide bonds. The lowest BCUT2D eigenvalue weighted by molar-refractivity contribution is 1.38. The van der Waals surface area contributed by atoms with E-state index in [1.54, 1.807) is 0 Å². The Morgan fingerprint density at radius 2 is 0.697 bits per heavy atom. The number of benzene rings is 5. The van der Waals surface area contributed by atoms with Crippen LogP contribution in [-0.4, -0.2) is 0 Å². The van der Waals surface area contributed by atoms with Crippen molar-refractivity contribution in [1.82, 2.24) is 0 Å². The Morgan fingerprint density at radius 1 is 0.273 bits per heavy atom. The van der Waals surface area contributed by atoms with Crippen LogP contribution in [-0.2, 0) is 0 Å². The Bertz CT molecular complexity index is 1390. The molecule has 0 spiro atoms. The second-order valence-electron chi connectivity index (χ2n) is 8.99. The Balaban J connectivity index is 1.60. The minimum absolute atomic E-state index is 1.23. The minimum atomic E-state index is 1.23.